The molecule has 0 saturated carbocycles. The highest BCUT2D eigenvalue weighted by atomic mass is 79.9. The van der Waals surface area contributed by atoms with Crippen LogP contribution in [0.5, 0.6) is 5.75 Å². The van der Waals surface area contributed by atoms with Crippen molar-refractivity contribution < 1.29 is 9.53 Å². The Morgan fingerprint density at radius 2 is 2.09 bits per heavy atom. The Morgan fingerprint density at radius 1 is 1.30 bits per heavy atom. The number of anilines is 1. The molecule has 4 nitrogen and oxygen atoms in total. The zero-order valence-electron chi connectivity index (χ0n) is 13.0. The SMILES string of the molecule is COc1ccc(Br)cc1CN(C)CC(=O)Nc1cccc(Cl)c1. The molecule has 2 aromatic carbocycles. The molecule has 23 heavy (non-hydrogen) atoms. The summed E-state index contributed by atoms with van der Waals surface area (Å²) in [5.41, 5.74) is 1.70. The maximum Gasteiger partial charge on any atom is 0.238 e. The van der Waals surface area contributed by atoms with Gasteiger partial charge < -0.3 is 10.1 Å². The predicted octanol–water partition coefficient (Wildman–Crippen LogP) is 4.18. The van der Waals surface area contributed by atoms with Crippen molar-refractivity contribution >= 4 is 39.1 Å². The van der Waals surface area contributed by atoms with E-state index in [4.69, 9.17) is 16.3 Å². The van der Waals surface area contributed by atoms with E-state index >= 15 is 0 Å². The molecule has 0 bridgehead atoms. The average molecular weight is 398 g/mol. The van der Waals surface area contributed by atoms with Gasteiger partial charge in [0.05, 0.1) is 13.7 Å². The van der Waals surface area contributed by atoms with E-state index in [0.717, 1.165) is 15.8 Å². The van der Waals surface area contributed by atoms with E-state index in [1.807, 2.05) is 30.1 Å². The number of methoxy groups -OCH3 is 1. The van der Waals surface area contributed by atoms with E-state index in [2.05, 4.69) is 21.2 Å². The molecule has 0 radical (unpaired) electrons. The maximum absolute atomic E-state index is 12.1. The third kappa shape index (κ3) is 5.53. The van der Waals surface area contributed by atoms with Crippen LogP contribution in [0.4, 0.5) is 5.69 Å². The van der Waals surface area contributed by atoms with Gasteiger partial charge in [0.25, 0.3) is 0 Å². The van der Waals surface area contributed by atoms with Gasteiger partial charge in [-0.05, 0) is 43.4 Å². The predicted molar refractivity (Wildman–Crippen MR) is 97.1 cm³/mol. The van der Waals surface area contributed by atoms with Crippen molar-refractivity contribution in [1.29, 1.82) is 0 Å². The highest BCUT2D eigenvalue weighted by molar-refractivity contribution is 9.10. The smallest absolute Gasteiger partial charge is 0.238 e. The second kappa shape index (κ2) is 8.34. The molecule has 1 amide bonds. The summed E-state index contributed by atoms with van der Waals surface area (Å²) in [4.78, 5) is 14.0. The van der Waals surface area contributed by atoms with Crippen LogP contribution in [0, 0.1) is 0 Å². The first-order valence-electron chi connectivity index (χ1n) is 7.04. The normalized spacial score (nSPS) is 10.7. The molecule has 0 aliphatic rings. The van der Waals surface area contributed by atoms with Gasteiger partial charge in [0.15, 0.2) is 0 Å². The van der Waals surface area contributed by atoms with E-state index in [0.29, 0.717) is 17.3 Å². The summed E-state index contributed by atoms with van der Waals surface area (Å²) in [6.45, 7) is 0.869. The average Bonchev–Trinajstić information content (AvgIpc) is 2.47. The molecule has 2 aromatic rings. The van der Waals surface area contributed by atoms with Gasteiger partial charge in [-0.15, -0.1) is 0 Å². The van der Waals surface area contributed by atoms with Crippen LogP contribution < -0.4 is 10.1 Å². The zero-order valence-corrected chi connectivity index (χ0v) is 15.3. The number of rotatable bonds is 6. The fraction of sp³-hybridized carbons (Fsp3) is 0.235. The van der Waals surface area contributed by atoms with Crippen molar-refractivity contribution in [3.8, 4) is 5.75 Å². The fourth-order valence-electron chi connectivity index (χ4n) is 2.23. The van der Waals surface area contributed by atoms with E-state index < -0.39 is 0 Å². The minimum atomic E-state index is -0.0938. The number of halogens is 2. The van der Waals surface area contributed by atoms with Crippen LogP contribution in [-0.2, 0) is 11.3 Å². The van der Waals surface area contributed by atoms with Crippen LogP contribution in [0.25, 0.3) is 0 Å². The van der Waals surface area contributed by atoms with Gasteiger partial charge in [-0.3, -0.25) is 9.69 Å². The number of amides is 1. The second-order valence-corrected chi connectivity index (χ2v) is 6.54. The molecule has 0 spiro atoms. The number of ether oxygens (including phenoxy) is 1. The number of likely N-dealkylation sites (N-methyl/N-ethyl adjacent to an activating group) is 1. The van der Waals surface area contributed by atoms with Crippen molar-refractivity contribution in [2.75, 3.05) is 26.0 Å². The lowest BCUT2D eigenvalue weighted by molar-refractivity contribution is -0.117. The van der Waals surface area contributed by atoms with E-state index in [9.17, 15) is 4.79 Å². The molecule has 0 aromatic heterocycles. The summed E-state index contributed by atoms with van der Waals surface area (Å²) in [6.07, 6.45) is 0. The summed E-state index contributed by atoms with van der Waals surface area (Å²) in [5.74, 6) is 0.707. The van der Waals surface area contributed by atoms with Crippen LogP contribution in [0.3, 0.4) is 0 Å². The van der Waals surface area contributed by atoms with Gasteiger partial charge in [-0.25, -0.2) is 0 Å². The van der Waals surface area contributed by atoms with Crippen molar-refractivity contribution in [3.05, 3.63) is 57.5 Å². The Morgan fingerprint density at radius 3 is 2.78 bits per heavy atom. The van der Waals surface area contributed by atoms with Crippen LogP contribution >= 0.6 is 27.5 Å². The van der Waals surface area contributed by atoms with Crippen molar-refractivity contribution in [2.45, 2.75) is 6.54 Å². The lowest BCUT2D eigenvalue weighted by Gasteiger charge is -2.18. The molecule has 1 N–H and O–H groups in total. The number of carbonyl (C=O) groups excluding carboxylic acids is 1. The molecule has 0 aliphatic heterocycles. The first-order chi connectivity index (χ1) is 11.0. The third-order valence-electron chi connectivity index (χ3n) is 3.20. The quantitative estimate of drug-likeness (QED) is 0.795. The molecule has 0 heterocycles. The van der Waals surface area contributed by atoms with Crippen molar-refractivity contribution in [1.82, 2.24) is 4.90 Å². The lowest BCUT2D eigenvalue weighted by atomic mass is 10.2. The van der Waals surface area contributed by atoms with E-state index in [-0.39, 0.29) is 12.5 Å². The Bertz CT molecular complexity index is 694. The summed E-state index contributed by atoms with van der Waals surface area (Å²) < 4.78 is 6.33. The summed E-state index contributed by atoms with van der Waals surface area (Å²) in [6, 6.07) is 12.9. The largest absolute Gasteiger partial charge is 0.496 e. The van der Waals surface area contributed by atoms with E-state index in [1.54, 1.807) is 31.4 Å². The van der Waals surface area contributed by atoms with Gasteiger partial charge in [0, 0.05) is 27.3 Å². The van der Waals surface area contributed by atoms with Crippen LogP contribution in [-0.4, -0.2) is 31.5 Å². The Hall–Kier alpha value is -1.56. The van der Waals surface area contributed by atoms with Crippen LogP contribution in [0.15, 0.2) is 46.9 Å². The number of benzene rings is 2. The minimum absolute atomic E-state index is 0.0938. The third-order valence-corrected chi connectivity index (χ3v) is 3.93. The number of hydrogen-bond donors (Lipinski definition) is 1. The van der Waals surface area contributed by atoms with Crippen LogP contribution in [0.1, 0.15) is 5.56 Å². The summed E-state index contributed by atoms with van der Waals surface area (Å²) in [5, 5.41) is 3.43. The lowest BCUT2D eigenvalue weighted by Crippen LogP contribution is -2.30. The molecule has 6 heteroatoms. The Labute approximate surface area is 149 Å². The molecule has 122 valence electrons. The highest BCUT2D eigenvalue weighted by Crippen LogP contribution is 2.24. The molecule has 0 unspecified atom stereocenters. The van der Waals surface area contributed by atoms with E-state index in [1.165, 1.54) is 0 Å². The van der Waals surface area contributed by atoms with Gasteiger partial charge in [0.1, 0.15) is 5.75 Å². The van der Waals surface area contributed by atoms with Gasteiger partial charge in [-0.2, -0.15) is 0 Å². The van der Waals surface area contributed by atoms with Crippen molar-refractivity contribution in [2.24, 2.45) is 0 Å². The van der Waals surface area contributed by atoms with Gasteiger partial charge in [-0.1, -0.05) is 33.6 Å². The van der Waals surface area contributed by atoms with Crippen molar-refractivity contribution in [3.63, 3.8) is 0 Å². The summed E-state index contributed by atoms with van der Waals surface area (Å²) in [7, 11) is 3.52. The zero-order chi connectivity index (χ0) is 16.8. The number of nitrogens with one attached hydrogen (secondary N) is 1. The number of carbonyl (C=O) groups is 1. The molecular weight excluding hydrogens is 380 g/mol. The topological polar surface area (TPSA) is 41.6 Å². The first kappa shape index (κ1) is 17.8. The monoisotopic (exact) mass is 396 g/mol. The number of nitrogens with zero attached hydrogens (tertiary/aromatic N) is 1. The Balaban J connectivity index is 1.95. The van der Waals surface area contributed by atoms with Gasteiger partial charge in [0.2, 0.25) is 5.91 Å². The van der Waals surface area contributed by atoms with Crippen LogP contribution in [0.2, 0.25) is 5.02 Å². The molecular formula is C17H18BrClN2O2. The number of hydrogen-bond acceptors (Lipinski definition) is 3. The first-order valence-corrected chi connectivity index (χ1v) is 8.21. The molecule has 2 rings (SSSR count). The standard InChI is InChI=1S/C17H18BrClN2O2/c1-21(10-12-8-13(18)6-7-16(12)23-2)11-17(22)20-15-5-3-4-14(19)9-15/h3-9H,10-11H2,1-2H3,(H,20,22). The molecule has 0 aliphatic carbocycles. The maximum atomic E-state index is 12.1. The minimum Gasteiger partial charge on any atom is -0.496 e. The Kier molecular flexibility index (Phi) is 6.45. The fourth-order valence-corrected chi connectivity index (χ4v) is 2.83. The molecule has 0 atom stereocenters. The molecule has 0 saturated heterocycles. The molecule has 0 fully saturated rings. The van der Waals surface area contributed by atoms with Gasteiger partial charge >= 0.3 is 0 Å². The second-order valence-electron chi connectivity index (χ2n) is 5.19. The highest BCUT2D eigenvalue weighted by Gasteiger charge is 2.11. The summed E-state index contributed by atoms with van der Waals surface area (Å²) >= 11 is 9.36.